The Kier molecular flexibility index (Phi) is 7.04. The first-order chi connectivity index (χ1) is 16.0. The number of amides is 1. The zero-order valence-corrected chi connectivity index (χ0v) is 18.3. The van der Waals surface area contributed by atoms with E-state index >= 15 is 0 Å². The van der Waals surface area contributed by atoms with Gasteiger partial charge < -0.3 is 20.7 Å². The van der Waals surface area contributed by atoms with Crippen molar-refractivity contribution in [1.29, 1.82) is 0 Å². The summed E-state index contributed by atoms with van der Waals surface area (Å²) in [5, 5.41) is 15.5. The largest absolute Gasteiger partial charge is 0.392 e. The van der Waals surface area contributed by atoms with E-state index < -0.39 is 17.2 Å². The summed E-state index contributed by atoms with van der Waals surface area (Å²) in [6.45, 7) is 0.0765. The maximum absolute atomic E-state index is 13.0. The molecule has 172 valence electrons. The molecule has 1 heterocycles. The van der Waals surface area contributed by atoms with Crippen LogP contribution in [0.4, 0.5) is 5.69 Å². The average molecular weight is 449 g/mol. The van der Waals surface area contributed by atoms with Crippen LogP contribution >= 0.6 is 0 Å². The zero-order valence-electron chi connectivity index (χ0n) is 18.3. The number of hydrogen-bond donors (Lipinski definition) is 5. The van der Waals surface area contributed by atoms with E-state index in [-0.39, 0.29) is 30.6 Å². The van der Waals surface area contributed by atoms with Crippen LogP contribution in [-0.2, 0) is 13.2 Å². The third kappa shape index (κ3) is 5.40. The number of aliphatic hydroxyl groups excluding tert-OH is 1. The zero-order chi connectivity index (χ0) is 23.2. The summed E-state index contributed by atoms with van der Waals surface area (Å²) < 4.78 is 0. The van der Waals surface area contributed by atoms with Crippen molar-refractivity contribution in [2.45, 2.75) is 50.8 Å². The molecule has 1 saturated carbocycles. The average Bonchev–Trinajstić information content (AvgIpc) is 2.84. The standard InChI is InChI=1S/C25H28N4O4/c30-15-19-9-5-4-8-18(19)14-26-21-22(28-25(33)29-23(21)31)24(32)27-20-12-10-17(11-13-20)16-6-2-1-3-7-16/h1-9,17,20,26,30H,10-15H2,(H,27,32)(H2,28,29,31,33). The van der Waals surface area contributed by atoms with Gasteiger partial charge in [-0.1, -0.05) is 54.6 Å². The van der Waals surface area contributed by atoms with E-state index in [0.29, 0.717) is 11.5 Å². The molecule has 0 radical (unpaired) electrons. The van der Waals surface area contributed by atoms with Gasteiger partial charge in [-0.05, 0) is 48.3 Å². The van der Waals surface area contributed by atoms with Gasteiger partial charge in [-0.2, -0.15) is 0 Å². The van der Waals surface area contributed by atoms with E-state index in [1.54, 1.807) is 6.07 Å². The second-order valence-electron chi connectivity index (χ2n) is 8.37. The lowest BCUT2D eigenvalue weighted by Gasteiger charge is -2.29. The molecular weight excluding hydrogens is 420 g/mol. The Morgan fingerprint density at radius 1 is 0.909 bits per heavy atom. The minimum atomic E-state index is -0.737. The van der Waals surface area contributed by atoms with E-state index in [1.807, 2.05) is 36.4 Å². The molecule has 1 aliphatic carbocycles. The SMILES string of the molecule is O=C(NC1CCC(c2ccccc2)CC1)c1[nH]c(=O)[nH]c(=O)c1NCc1ccccc1CO. The first kappa shape index (κ1) is 22.5. The number of aromatic amines is 2. The molecule has 0 bridgehead atoms. The molecule has 33 heavy (non-hydrogen) atoms. The van der Waals surface area contributed by atoms with Crippen LogP contribution in [0.5, 0.6) is 0 Å². The van der Waals surface area contributed by atoms with E-state index in [2.05, 4.69) is 32.7 Å². The van der Waals surface area contributed by atoms with Crippen molar-refractivity contribution >= 4 is 11.6 Å². The van der Waals surface area contributed by atoms with E-state index in [9.17, 15) is 19.5 Å². The summed E-state index contributed by atoms with van der Waals surface area (Å²) in [4.78, 5) is 42.0. The van der Waals surface area contributed by atoms with E-state index in [4.69, 9.17) is 0 Å². The van der Waals surface area contributed by atoms with Crippen LogP contribution < -0.4 is 21.9 Å². The summed E-state index contributed by atoms with van der Waals surface area (Å²) in [5.74, 6) is -0.0122. The fourth-order valence-corrected chi connectivity index (χ4v) is 4.45. The van der Waals surface area contributed by atoms with E-state index in [1.165, 1.54) is 5.56 Å². The molecule has 0 spiro atoms. The van der Waals surface area contributed by atoms with Crippen LogP contribution in [0.15, 0.2) is 64.2 Å². The topological polar surface area (TPSA) is 127 Å². The fourth-order valence-electron chi connectivity index (χ4n) is 4.45. The van der Waals surface area contributed by atoms with Crippen molar-refractivity contribution < 1.29 is 9.90 Å². The molecule has 1 fully saturated rings. The highest BCUT2D eigenvalue weighted by Gasteiger charge is 2.25. The van der Waals surface area contributed by atoms with Crippen LogP contribution in [0.1, 0.15) is 58.8 Å². The molecule has 3 aromatic rings. The van der Waals surface area contributed by atoms with Gasteiger partial charge in [-0.3, -0.25) is 14.6 Å². The van der Waals surface area contributed by atoms with Gasteiger partial charge in [0.15, 0.2) is 0 Å². The molecule has 2 aromatic carbocycles. The van der Waals surface area contributed by atoms with Crippen molar-refractivity contribution in [3.05, 3.63) is 97.8 Å². The number of aromatic nitrogens is 2. The number of hydrogen-bond acceptors (Lipinski definition) is 5. The van der Waals surface area contributed by atoms with Crippen molar-refractivity contribution in [3.63, 3.8) is 0 Å². The lowest BCUT2D eigenvalue weighted by atomic mass is 9.82. The Morgan fingerprint density at radius 3 is 2.27 bits per heavy atom. The van der Waals surface area contributed by atoms with Crippen molar-refractivity contribution in [2.75, 3.05) is 5.32 Å². The molecule has 8 heteroatoms. The first-order valence-electron chi connectivity index (χ1n) is 11.2. The van der Waals surface area contributed by atoms with Gasteiger partial charge in [0.1, 0.15) is 11.4 Å². The second kappa shape index (κ2) is 10.3. The lowest BCUT2D eigenvalue weighted by molar-refractivity contribution is 0.0921. The molecule has 1 aromatic heterocycles. The molecule has 1 aliphatic rings. The smallest absolute Gasteiger partial charge is 0.326 e. The van der Waals surface area contributed by atoms with Gasteiger partial charge in [0.25, 0.3) is 11.5 Å². The lowest BCUT2D eigenvalue weighted by Crippen LogP contribution is -2.40. The van der Waals surface area contributed by atoms with Crippen molar-refractivity contribution in [2.24, 2.45) is 0 Å². The van der Waals surface area contributed by atoms with Gasteiger partial charge in [-0.15, -0.1) is 0 Å². The molecule has 8 nitrogen and oxygen atoms in total. The highest BCUT2D eigenvalue weighted by molar-refractivity contribution is 5.97. The van der Waals surface area contributed by atoms with Crippen LogP contribution in [0, 0.1) is 0 Å². The summed E-state index contributed by atoms with van der Waals surface area (Å²) in [6, 6.07) is 17.6. The third-order valence-corrected chi connectivity index (χ3v) is 6.25. The monoisotopic (exact) mass is 448 g/mol. The molecule has 4 rings (SSSR count). The molecule has 0 atom stereocenters. The number of rotatable bonds is 7. The van der Waals surface area contributed by atoms with Crippen LogP contribution in [0.2, 0.25) is 0 Å². The van der Waals surface area contributed by atoms with Crippen molar-refractivity contribution in [1.82, 2.24) is 15.3 Å². The maximum Gasteiger partial charge on any atom is 0.326 e. The number of benzene rings is 2. The predicted molar refractivity (Wildman–Crippen MR) is 126 cm³/mol. The van der Waals surface area contributed by atoms with Gasteiger partial charge in [0, 0.05) is 12.6 Å². The Morgan fingerprint density at radius 2 is 1.58 bits per heavy atom. The Labute approximate surface area is 191 Å². The van der Waals surface area contributed by atoms with Crippen LogP contribution in [-0.4, -0.2) is 27.0 Å². The molecule has 1 amide bonds. The van der Waals surface area contributed by atoms with Crippen LogP contribution in [0.3, 0.4) is 0 Å². The number of carbonyl (C=O) groups excluding carboxylic acids is 1. The van der Waals surface area contributed by atoms with Gasteiger partial charge in [-0.25, -0.2) is 4.79 Å². The normalized spacial score (nSPS) is 18.0. The molecule has 5 N–H and O–H groups in total. The van der Waals surface area contributed by atoms with Gasteiger partial charge >= 0.3 is 5.69 Å². The quantitative estimate of drug-likeness (QED) is 0.380. The first-order valence-corrected chi connectivity index (χ1v) is 11.2. The fraction of sp³-hybridized carbons (Fsp3) is 0.320. The molecular formula is C25H28N4O4. The molecule has 0 saturated heterocycles. The number of nitrogens with one attached hydrogen (secondary N) is 4. The highest BCUT2D eigenvalue weighted by Crippen LogP contribution is 2.32. The number of anilines is 1. The number of H-pyrrole nitrogens is 2. The third-order valence-electron chi connectivity index (χ3n) is 6.25. The predicted octanol–water partition coefficient (Wildman–Crippen LogP) is 2.62. The summed E-state index contributed by atoms with van der Waals surface area (Å²) in [5.41, 5.74) is 1.32. The van der Waals surface area contributed by atoms with Crippen LogP contribution in [0.25, 0.3) is 0 Å². The number of carbonyl (C=O) groups is 1. The molecule has 0 unspecified atom stereocenters. The molecule has 0 aliphatic heterocycles. The Hall–Kier alpha value is -3.65. The minimum Gasteiger partial charge on any atom is -0.392 e. The Balaban J connectivity index is 1.45. The van der Waals surface area contributed by atoms with Gasteiger partial charge in [0.05, 0.1) is 6.61 Å². The highest BCUT2D eigenvalue weighted by atomic mass is 16.3. The number of aliphatic hydroxyl groups is 1. The van der Waals surface area contributed by atoms with E-state index in [0.717, 1.165) is 31.2 Å². The second-order valence-corrected chi connectivity index (χ2v) is 8.37. The Bertz CT molecular complexity index is 1210. The van der Waals surface area contributed by atoms with Gasteiger partial charge in [0.2, 0.25) is 0 Å². The summed E-state index contributed by atoms with van der Waals surface area (Å²) >= 11 is 0. The minimum absolute atomic E-state index is 0.00202. The maximum atomic E-state index is 13.0. The summed E-state index contributed by atoms with van der Waals surface area (Å²) in [7, 11) is 0. The van der Waals surface area contributed by atoms with Crippen molar-refractivity contribution in [3.8, 4) is 0 Å². The summed E-state index contributed by atoms with van der Waals surface area (Å²) in [6.07, 6.45) is 3.57.